The van der Waals surface area contributed by atoms with Crippen LogP contribution >= 0.6 is 0 Å². The fourth-order valence-electron chi connectivity index (χ4n) is 3.29. The van der Waals surface area contributed by atoms with Crippen LogP contribution in [0.3, 0.4) is 0 Å². The summed E-state index contributed by atoms with van der Waals surface area (Å²) in [7, 11) is 1.34. The van der Waals surface area contributed by atoms with E-state index in [-0.39, 0.29) is 18.0 Å². The summed E-state index contributed by atoms with van der Waals surface area (Å²) in [6.07, 6.45) is 0.312. The molecular formula is C16H25N2O4+. The van der Waals surface area contributed by atoms with E-state index < -0.39 is 5.97 Å². The highest BCUT2D eigenvalue weighted by Gasteiger charge is 2.29. The van der Waals surface area contributed by atoms with Gasteiger partial charge in [-0.3, -0.25) is 4.79 Å². The number of Topliss-reactive ketones (excluding diaryl/α,β-unsaturated/α-hetero) is 1. The molecule has 1 aromatic heterocycles. The standard InChI is InChI=1S/C16H24N2O4/c1-9-6-18(7-10(2)22-9)8-13(19)15-11(3)14(12(4)17-15)16(20)21-5/h9-10,17H,6-8H2,1-5H3/p+1. The second-order valence-electron chi connectivity index (χ2n) is 6.13. The summed E-state index contributed by atoms with van der Waals surface area (Å²) >= 11 is 0. The molecular weight excluding hydrogens is 284 g/mol. The Morgan fingerprint density at radius 3 is 2.41 bits per heavy atom. The highest BCUT2D eigenvalue weighted by Crippen LogP contribution is 2.19. The first-order chi connectivity index (χ1) is 10.3. The second kappa shape index (κ2) is 6.62. The number of rotatable bonds is 4. The second-order valence-corrected chi connectivity index (χ2v) is 6.13. The number of H-pyrrole nitrogens is 1. The van der Waals surface area contributed by atoms with Gasteiger partial charge in [0.05, 0.1) is 18.4 Å². The van der Waals surface area contributed by atoms with Crippen LogP contribution in [0.15, 0.2) is 0 Å². The number of hydrogen-bond donors (Lipinski definition) is 2. The number of nitrogens with one attached hydrogen (secondary N) is 2. The SMILES string of the molecule is COC(=O)c1c(C)[nH]c(C(=O)C[NH+]2CC(C)OC(C)C2)c1C. The number of ketones is 1. The predicted octanol–water partition coefficient (Wildman–Crippen LogP) is 0.293. The zero-order chi connectivity index (χ0) is 16.4. The number of carbonyl (C=O) groups excluding carboxylic acids is 2. The van der Waals surface area contributed by atoms with Crippen molar-refractivity contribution in [2.75, 3.05) is 26.7 Å². The van der Waals surface area contributed by atoms with Gasteiger partial charge in [0.2, 0.25) is 5.78 Å². The van der Waals surface area contributed by atoms with Gasteiger partial charge in [-0.05, 0) is 33.3 Å². The lowest BCUT2D eigenvalue weighted by molar-refractivity contribution is -0.906. The van der Waals surface area contributed by atoms with E-state index in [0.29, 0.717) is 29.1 Å². The molecule has 2 heterocycles. The molecule has 2 atom stereocenters. The smallest absolute Gasteiger partial charge is 0.339 e. The Morgan fingerprint density at radius 2 is 1.86 bits per heavy atom. The van der Waals surface area contributed by atoms with Crippen molar-refractivity contribution in [3.63, 3.8) is 0 Å². The number of carbonyl (C=O) groups is 2. The Bertz CT molecular complexity index is 569. The predicted molar refractivity (Wildman–Crippen MR) is 81.5 cm³/mol. The fourth-order valence-corrected chi connectivity index (χ4v) is 3.29. The maximum absolute atomic E-state index is 12.6. The third kappa shape index (κ3) is 3.39. The number of esters is 1. The molecule has 22 heavy (non-hydrogen) atoms. The van der Waals surface area contributed by atoms with Gasteiger partial charge in [-0.1, -0.05) is 0 Å². The van der Waals surface area contributed by atoms with E-state index in [4.69, 9.17) is 9.47 Å². The molecule has 2 unspecified atom stereocenters. The van der Waals surface area contributed by atoms with Gasteiger partial charge in [0.1, 0.15) is 31.8 Å². The molecule has 2 rings (SSSR count). The highest BCUT2D eigenvalue weighted by atomic mass is 16.5. The molecule has 0 aliphatic carbocycles. The molecule has 1 aliphatic rings. The number of aromatic nitrogens is 1. The van der Waals surface area contributed by atoms with Crippen LogP contribution in [0.5, 0.6) is 0 Å². The first kappa shape index (κ1) is 16.7. The normalized spacial score (nSPS) is 25.0. The van der Waals surface area contributed by atoms with Crippen LogP contribution in [0.25, 0.3) is 0 Å². The van der Waals surface area contributed by atoms with Crippen molar-refractivity contribution >= 4 is 11.8 Å². The quantitative estimate of drug-likeness (QED) is 0.619. The lowest BCUT2D eigenvalue weighted by Gasteiger charge is -2.31. The minimum Gasteiger partial charge on any atom is -0.465 e. The van der Waals surface area contributed by atoms with Gasteiger partial charge >= 0.3 is 5.97 Å². The molecule has 0 amide bonds. The first-order valence-electron chi connectivity index (χ1n) is 7.63. The van der Waals surface area contributed by atoms with Gasteiger partial charge in [-0.25, -0.2) is 4.79 Å². The van der Waals surface area contributed by atoms with E-state index in [0.717, 1.165) is 13.1 Å². The van der Waals surface area contributed by atoms with Crippen molar-refractivity contribution in [2.45, 2.75) is 39.9 Å². The summed E-state index contributed by atoms with van der Waals surface area (Å²) in [5.74, 6) is -0.390. The Hall–Kier alpha value is -1.66. The van der Waals surface area contributed by atoms with Crippen LogP contribution in [0.2, 0.25) is 0 Å². The van der Waals surface area contributed by atoms with E-state index in [1.807, 2.05) is 13.8 Å². The topological polar surface area (TPSA) is 72.8 Å². The molecule has 6 nitrogen and oxygen atoms in total. The first-order valence-corrected chi connectivity index (χ1v) is 7.63. The molecule has 1 saturated heterocycles. The zero-order valence-corrected chi connectivity index (χ0v) is 13.9. The number of hydrogen-bond acceptors (Lipinski definition) is 4. The van der Waals surface area contributed by atoms with Crippen LogP contribution in [0.4, 0.5) is 0 Å². The maximum Gasteiger partial charge on any atom is 0.339 e. The van der Waals surface area contributed by atoms with Crippen molar-refractivity contribution in [1.82, 2.24) is 4.98 Å². The number of morpholine rings is 1. The van der Waals surface area contributed by atoms with Gasteiger partial charge in [0.25, 0.3) is 0 Å². The van der Waals surface area contributed by atoms with Crippen molar-refractivity contribution in [1.29, 1.82) is 0 Å². The summed E-state index contributed by atoms with van der Waals surface area (Å²) < 4.78 is 10.5. The van der Waals surface area contributed by atoms with Gasteiger partial charge in [0.15, 0.2) is 0 Å². The van der Waals surface area contributed by atoms with Crippen molar-refractivity contribution in [2.24, 2.45) is 0 Å². The molecule has 1 aromatic rings. The average Bonchev–Trinajstić information content (AvgIpc) is 2.72. The summed E-state index contributed by atoms with van der Waals surface area (Å²) in [4.78, 5) is 28.6. The maximum atomic E-state index is 12.6. The lowest BCUT2D eigenvalue weighted by Crippen LogP contribution is -3.16. The largest absolute Gasteiger partial charge is 0.465 e. The monoisotopic (exact) mass is 309 g/mol. The molecule has 0 bridgehead atoms. The molecule has 1 fully saturated rings. The number of aromatic amines is 1. The molecule has 1 aliphatic heterocycles. The lowest BCUT2D eigenvalue weighted by atomic mass is 10.1. The number of methoxy groups -OCH3 is 1. The molecule has 0 aromatic carbocycles. The minimum atomic E-state index is -0.411. The molecule has 122 valence electrons. The number of quaternary nitrogens is 1. The van der Waals surface area contributed by atoms with Crippen molar-refractivity contribution < 1.29 is 24.0 Å². The van der Waals surface area contributed by atoms with Crippen LogP contribution < -0.4 is 4.90 Å². The minimum absolute atomic E-state index is 0.0204. The van der Waals surface area contributed by atoms with Crippen molar-refractivity contribution in [3.8, 4) is 0 Å². The molecule has 0 radical (unpaired) electrons. The van der Waals surface area contributed by atoms with E-state index in [1.165, 1.54) is 12.0 Å². The fraction of sp³-hybridized carbons (Fsp3) is 0.625. The van der Waals surface area contributed by atoms with Gasteiger partial charge < -0.3 is 19.4 Å². The summed E-state index contributed by atoms with van der Waals surface area (Å²) in [6, 6.07) is 0. The third-order valence-electron chi connectivity index (χ3n) is 4.13. The van der Waals surface area contributed by atoms with E-state index in [2.05, 4.69) is 4.98 Å². The van der Waals surface area contributed by atoms with Gasteiger partial charge in [-0.15, -0.1) is 0 Å². The third-order valence-corrected chi connectivity index (χ3v) is 4.13. The molecule has 0 spiro atoms. The average molecular weight is 309 g/mol. The number of ether oxygens (including phenoxy) is 2. The van der Waals surface area contributed by atoms with E-state index in [1.54, 1.807) is 13.8 Å². The zero-order valence-electron chi connectivity index (χ0n) is 13.9. The Kier molecular flexibility index (Phi) is 5.03. The molecule has 2 N–H and O–H groups in total. The van der Waals surface area contributed by atoms with Crippen LogP contribution in [0, 0.1) is 13.8 Å². The van der Waals surface area contributed by atoms with Gasteiger partial charge in [-0.2, -0.15) is 0 Å². The molecule has 6 heteroatoms. The van der Waals surface area contributed by atoms with E-state index >= 15 is 0 Å². The van der Waals surface area contributed by atoms with Gasteiger partial charge in [0, 0.05) is 5.69 Å². The summed E-state index contributed by atoms with van der Waals surface area (Å²) in [5, 5.41) is 0. The Morgan fingerprint density at radius 1 is 1.27 bits per heavy atom. The van der Waals surface area contributed by atoms with E-state index in [9.17, 15) is 9.59 Å². The van der Waals surface area contributed by atoms with Crippen LogP contribution in [0.1, 0.15) is 46.0 Å². The molecule has 0 saturated carbocycles. The highest BCUT2D eigenvalue weighted by molar-refractivity contribution is 6.01. The van der Waals surface area contributed by atoms with Crippen molar-refractivity contribution in [3.05, 3.63) is 22.5 Å². The number of aryl methyl sites for hydroxylation is 1. The summed E-state index contributed by atoms with van der Waals surface area (Å²) in [5.41, 5.74) is 2.32. The summed E-state index contributed by atoms with van der Waals surface area (Å²) in [6.45, 7) is 9.65. The van der Waals surface area contributed by atoms with Crippen LogP contribution in [-0.4, -0.2) is 55.7 Å². The Labute approximate surface area is 130 Å². The Balaban J connectivity index is 2.15. The van der Waals surface area contributed by atoms with Crippen LogP contribution in [-0.2, 0) is 9.47 Å².